The zero-order valence-corrected chi connectivity index (χ0v) is 21.7. The highest BCUT2D eigenvalue weighted by Crippen LogP contribution is 2.36. The van der Waals surface area contributed by atoms with Crippen LogP contribution in [0.1, 0.15) is 59.8 Å². The number of rotatable bonds is 4. The second-order valence-corrected chi connectivity index (χ2v) is 19.9. The van der Waals surface area contributed by atoms with Gasteiger partial charge in [0.05, 0.1) is 0 Å². The van der Waals surface area contributed by atoms with E-state index < -0.39 is 16.4 Å². The number of allylic oxidation sites excluding steroid dienone is 2. The van der Waals surface area contributed by atoms with Crippen molar-refractivity contribution in [3.8, 4) is 35.1 Å². The highest BCUT2D eigenvalue weighted by molar-refractivity contribution is 6.83. The van der Waals surface area contributed by atoms with E-state index in [0.29, 0.717) is 12.5 Å². The molecule has 0 aliphatic heterocycles. The van der Waals surface area contributed by atoms with Crippen molar-refractivity contribution in [1.82, 2.24) is 0 Å². The SMILES string of the molecule is CC(C#C[Si](C)(C)C)C1=C(C#CC#CCCO[Si](C)(C)C(C)(C)C)CCCC1. The van der Waals surface area contributed by atoms with Crippen LogP contribution in [0.15, 0.2) is 11.1 Å². The Bertz CT molecular complexity index is 741. The van der Waals surface area contributed by atoms with Crippen LogP contribution in [0.4, 0.5) is 0 Å². The molecule has 1 aliphatic rings. The average molecular weight is 413 g/mol. The van der Waals surface area contributed by atoms with Gasteiger partial charge in [0.25, 0.3) is 0 Å². The lowest BCUT2D eigenvalue weighted by molar-refractivity contribution is 0.296. The minimum Gasteiger partial charge on any atom is -0.416 e. The third kappa shape index (κ3) is 8.88. The standard InChI is InChI=1S/C25H40OSi2/c1-22(19-21-27(5,6)7)24-18-14-13-17-23(24)16-12-10-11-15-20-26-28(8,9)25(2,3)4/h22H,13-15,17-18,20H2,1-9H3. The molecular formula is C25H40OSi2. The molecule has 0 N–H and O–H groups in total. The molecule has 28 heavy (non-hydrogen) atoms. The molecule has 0 aromatic heterocycles. The van der Waals surface area contributed by atoms with Crippen LogP contribution in [0.2, 0.25) is 37.8 Å². The van der Waals surface area contributed by atoms with E-state index in [2.05, 4.69) is 95.6 Å². The van der Waals surface area contributed by atoms with Crippen LogP contribution in [0.3, 0.4) is 0 Å². The van der Waals surface area contributed by atoms with Crippen LogP contribution in [0.25, 0.3) is 0 Å². The summed E-state index contributed by atoms with van der Waals surface area (Å²) in [6.07, 6.45) is 5.47. The van der Waals surface area contributed by atoms with Crippen LogP contribution < -0.4 is 0 Å². The maximum atomic E-state index is 6.16. The van der Waals surface area contributed by atoms with Gasteiger partial charge in [-0.25, -0.2) is 0 Å². The van der Waals surface area contributed by atoms with Gasteiger partial charge in [0.1, 0.15) is 8.07 Å². The Morgan fingerprint density at radius 3 is 2.25 bits per heavy atom. The first-order chi connectivity index (χ1) is 12.8. The van der Waals surface area contributed by atoms with Crippen molar-refractivity contribution in [3.05, 3.63) is 11.1 Å². The summed E-state index contributed by atoms with van der Waals surface area (Å²) in [6, 6.07) is 0. The largest absolute Gasteiger partial charge is 0.416 e. The fourth-order valence-corrected chi connectivity index (χ4v) is 4.44. The molecule has 0 heterocycles. The van der Waals surface area contributed by atoms with E-state index in [1.54, 1.807) is 0 Å². The van der Waals surface area contributed by atoms with Crippen molar-refractivity contribution in [2.45, 2.75) is 97.6 Å². The zero-order valence-electron chi connectivity index (χ0n) is 19.7. The molecule has 0 aromatic carbocycles. The Morgan fingerprint density at radius 2 is 1.64 bits per heavy atom. The van der Waals surface area contributed by atoms with Crippen molar-refractivity contribution in [2.75, 3.05) is 6.61 Å². The van der Waals surface area contributed by atoms with E-state index in [4.69, 9.17) is 4.43 Å². The van der Waals surface area contributed by atoms with Crippen LogP contribution >= 0.6 is 0 Å². The van der Waals surface area contributed by atoms with E-state index in [-0.39, 0.29) is 5.04 Å². The third-order valence-electron chi connectivity index (χ3n) is 5.56. The molecule has 1 unspecified atom stereocenters. The van der Waals surface area contributed by atoms with Crippen molar-refractivity contribution in [2.24, 2.45) is 5.92 Å². The zero-order chi connectivity index (χ0) is 21.4. The van der Waals surface area contributed by atoms with E-state index in [0.717, 1.165) is 19.3 Å². The monoisotopic (exact) mass is 412 g/mol. The molecule has 0 amide bonds. The molecule has 0 fully saturated rings. The average Bonchev–Trinajstić information content (AvgIpc) is 2.57. The van der Waals surface area contributed by atoms with Crippen molar-refractivity contribution >= 4 is 16.4 Å². The summed E-state index contributed by atoms with van der Waals surface area (Å²) in [5.74, 6) is 16.5. The van der Waals surface area contributed by atoms with Crippen molar-refractivity contribution < 1.29 is 4.43 Å². The molecule has 1 rings (SSSR count). The fourth-order valence-electron chi connectivity index (χ4n) is 2.75. The Labute approximate surface area is 177 Å². The Hall–Kier alpha value is -1.19. The predicted octanol–water partition coefficient (Wildman–Crippen LogP) is 6.79. The summed E-state index contributed by atoms with van der Waals surface area (Å²) in [5, 5.41) is 0.249. The highest BCUT2D eigenvalue weighted by Gasteiger charge is 2.36. The van der Waals surface area contributed by atoms with Gasteiger partial charge in [0.15, 0.2) is 8.32 Å². The Balaban J connectivity index is 2.72. The topological polar surface area (TPSA) is 9.23 Å². The van der Waals surface area contributed by atoms with Crippen LogP contribution in [0.5, 0.6) is 0 Å². The first-order valence-corrected chi connectivity index (χ1v) is 17.1. The summed E-state index contributed by atoms with van der Waals surface area (Å²) < 4.78 is 6.16. The van der Waals surface area contributed by atoms with Gasteiger partial charge in [-0.1, -0.05) is 52.3 Å². The molecule has 0 saturated heterocycles. The van der Waals surface area contributed by atoms with Gasteiger partial charge in [-0.2, -0.15) is 0 Å². The molecule has 3 heteroatoms. The van der Waals surface area contributed by atoms with Gasteiger partial charge >= 0.3 is 0 Å². The Kier molecular flexibility index (Phi) is 9.36. The van der Waals surface area contributed by atoms with E-state index in [1.807, 2.05) is 0 Å². The molecule has 1 aliphatic carbocycles. The smallest absolute Gasteiger partial charge is 0.192 e. The predicted molar refractivity (Wildman–Crippen MR) is 129 cm³/mol. The third-order valence-corrected chi connectivity index (χ3v) is 11.0. The fraction of sp³-hybridized carbons (Fsp3) is 0.680. The van der Waals surface area contributed by atoms with Crippen LogP contribution in [0, 0.1) is 41.1 Å². The minimum absolute atomic E-state index is 0.249. The Morgan fingerprint density at radius 1 is 1.00 bits per heavy atom. The molecule has 1 nitrogen and oxygen atoms in total. The normalized spacial score (nSPS) is 16.2. The molecule has 154 valence electrons. The number of hydrogen-bond donors (Lipinski definition) is 0. The summed E-state index contributed by atoms with van der Waals surface area (Å²) in [5.41, 5.74) is 6.26. The van der Waals surface area contributed by atoms with Gasteiger partial charge in [0, 0.05) is 24.5 Å². The lowest BCUT2D eigenvalue weighted by Crippen LogP contribution is -2.40. The lowest BCUT2D eigenvalue weighted by Gasteiger charge is -2.35. The summed E-state index contributed by atoms with van der Waals surface area (Å²) in [7, 11) is -2.99. The molecule has 1 atom stereocenters. The quantitative estimate of drug-likeness (QED) is 0.280. The lowest BCUT2D eigenvalue weighted by atomic mass is 9.85. The van der Waals surface area contributed by atoms with Gasteiger partial charge < -0.3 is 4.43 Å². The molecule has 0 aromatic rings. The second kappa shape index (κ2) is 10.6. The first-order valence-electron chi connectivity index (χ1n) is 10.7. The second-order valence-electron chi connectivity index (χ2n) is 10.4. The van der Waals surface area contributed by atoms with Crippen molar-refractivity contribution in [3.63, 3.8) is 0 Å². The molecular weight excluding hydrogens is 372 g/mol. The molecule has 0 bridgehead atoms. The molecule has 0 radical (unpaired) electrons. The van der Waals surface area contributed by atoms with Crippen molar-refractivity contribution in [1.29, 1.82) is 0 Å². The molecule has 0 saturated carbocycles. The van der Waals surface area contributed by atoms with E-state index >= 15 is 0 Å². The van der Waals surface area contributed by atoms with Gasteiger partial charge in [-0.15, -0.1) is 11.5 Å². The number of hydrogen-bond acceptors (Lipinski definition) is 1. The molecule has 0 spiro atoms. The van der Waals surface area contributed by atoms with E-state index in [9.17, 15) is 0 Å². The summed E-state index contributed by atoms with van der Waals surface area (Å²) in [4.78, 5) is 0. The van der Waals surface area contributed by atoms with Gasteiger partial charge in [-0.05, 0) is 68.2 Å². The highest BCUT2D eigenvalue weighted by atomic mass is 28.4. The minimum atomic E-state index is -1.66. The van der Waals surface area contributed by atoms with E-state index in [1.165, 1.54) is 24.0 Å². The van der Waals surface area contributed by atoms with Gasteiger partial charge in [-0.3, -0.25) is 0 Å². The van der Waals surface area contributed by atoms with Crippen LogP contribution in [-0.2, 0) is 4.43 Å². The maximum Gasteiger partial charge on any atom is 0.192 e. The van der Waals surface area contributed by atoms with Gasteiger partial charge in [0.2, 0.25) is 0 Å². The first kappa shape index (κ1) is 24.9. The summed E-state index contributed by atoms with van der Waals surface area (Å²) in [6.45, 7) is 21.2. The summed E-state index contributed by atoms with van der Waals surface area (Å²) >= 11 is 0. The van der Waals surface area contributed by atoms with Crippen LogP contribution in [-0.4, -0.2) is 23.0 Å². The maximum absolute atomic E-state index is 6.16.